The molecule has 0 aliphatic heterocycles. The van der Waals surface area contributed by atoms with Gasteiger partial charge < -0.3 is 15.6 Å². The zero-order chi connectivity index (χ0) is 13.8. The number of aromatic hydroxyl groups is 1. The van der Waals surface area contributed by atoms with Crippen molar-refractivity contribution in [2.24, 2.45) is 11.7 Å². The van der Waals surface area contributed by atoms with E-state index in [4.69, 9.17) is 10.5 Å². The van der Waals surface area contributed by atoms with Gasteiger partial charge in [-0.1, -0.05) is 19.1 Å². The Morgan fingerprint density at radius 3 is 2.72 bits per heavy atom. The van der Waals surface area contributed by atoms with Crippen LogP contribution in [-0.2, 0) is 11.2 Å². The van der Waals surface area contributed by atoms with Crippen molar-refractivity contribution in [2.45, 2.75) is 39.2 Å². The van der Waals surface area contributed by atoms with Crippen LogP contribution in [0, 0.1) is 5.92 Å². The van der Waals surface area contributed by atoms with Gasteiger partial charge in [0.05, 0.1) is 0 Å². The van der Waals surface area contributed by atoms with Crippen LogP contribution in [0.3, 0.4) is 0 Å². The summed E-state index contributed by atoms with van der Waals surface area (Å²) in [7, 11) is 0. The third-order valence-corrected chi connectivity index (χ3v) is 2.71. The van der Waals surface area contributed by atoms with Gasteiger partial charge in [0.15, 0.2) is 0 Å². The lowest BCUT2D eigenvalue weighted by atomic mass is 9.90. The van der Waals surface area contributed by atoms with Gasteiger partial charge in [-0.25, -0.2) is 4.79 Å². The van der Waals surface area contributed by atoms with Crippen LogP contribution in [0.15, 0.2) is 24.3 Å². The minimum atomic E-state index is -0.746. The third-order valence-electron chi connectivity index (χ3n) is 2.71. The van der Waals surface area contributed by atoms with E-state index < -0.39 is 11.7 Å². The summed E-state index contributed by atoms with van der Waals surface area (Å²) in [5.74, 6) is 0.591. The summed E-state index contributed by atoms with van der Waals surface area (Å²) in [6.45, 7) is 5.77. The molecule has 0 aromatic heterocycles. The average molecular weight is 251 g/mol. The van der Waals surface area contributed by atoms with Gasteiger partial charge in [0, 0.05) is 0 Å². The van der Waals surface area contributed by atoms with Crippen LogP contribution in [0.1, 0.15) is 32.8 Å². The van der Waals surface area contributed by atoms with Crippen molar-refractivity contribution in [3.8, 4) is 5.75 Å². The predicted molar refractivity (Wildman–Crippen MR) is 70.3 cm³/mol. The van der Waals surface area contributed by atoms with Crippen molar-refractivity contribution in [1.82, 2.24) is 0 Å². The van der Waals surface area contributed by atoms with Crippen LogP contribution in [-0.4, -0.2) is 16.8 Å². The molecule has 4 heteroatoms. The summed E-state index contributed by atoms with van der Waals surface area (Å²) < 4.78 is 5.06. The summed E-state index contributed by atoms with van der Waals surface area (Å²) in [5, 5.41) is 9.39. The number of hydrogen-bond acceptors (Lipinski definition) is 3. The topological polar surface area (TPSA) is 72.6 Å². The van der Waals surface area contributed by atoms with Gasteiger partial charge in [-0.15, -0.1) is 0 Å². The van der Waals surface area contributed by atoms with Crippen LogP contribution in [0.4, 0.5) is 4.79 Å². The standard InChI is InChI=1S/C14H21NO3/c1-10(9-14(2,3)18-13(15)17)7-11-5-4-6-12(16)8-11/h4-6,8,10,16H,7,9H2,1-3H3,(H2,15,17)/t10-/m1/s1. The smallest absolute Gasteiger partial charge is 0.405 e. The summed E-state index contributed by atoms with van der Waals surface area (Å²) >= 11 is 0. The molecule has 0 saturated carbocycles. The number of nitrogens with two attached hydrogens (primary N) is 1. The highest BCUT2D eigenvalue weighted by Gasteiger charge is 2.24. The largest absolute Gasteiger partial charge is 0.508 e. The maximum Gasteiger partial charge on any atom is 0.405 e. The highest BCUT2D eigenvalue weighted by molar-refractivity contribution is 5.65. The van der Waals surface area contributed by atoms with Gasteiger partial charge in [0.2, 0.25) is 0 Å². The summed E-state index contributed by atoms with van der Waals surface area (Å²) in [6.07, 6.45) is 0.787. The average Bonchev–Trinajstić information content (AvgIpc) is 2.13. The predicted octanol–water partition coefficient (Wildman–Crippen LogP) is 2.83. The molecule has 100 valence electrons. The number of carbonyl (C=O) groups excluding carboxylic acids is 1. The number of phenolic OH excluding ortho intramolecular Hbond substituents is 1. The molecular formula is C14H21NO3. The molecule has 0 fully saturated rings. The zero-order valence-electron chi connectivity index (χ0n) is 11.1. The van der Waals surface area contributed by atoms with E-state index in [0.717, 1.165) is 12.0 Å². The van der Waals surface area contributed by atoms with Crippen molar-refractivity contribution in [3.05, 3.63) is 29.8 Å². The molecule has 0 spiro atoms. The second-order valence-electron chi connectivity index (χ2n) is 5.36. The fraction of sp³-hybridized carbons (Fsp3) is 0.500. The van der Waals surface area contributed by atoms with E-state index in [-0.39, 0.29) is 5.75 Å². The molecule has 0 aliphatic carbocycles. The van der Waals surface area contributed by atoms with E-state index in [1.165, 1.54) is 0 Å². The Kier molecular flexibility index (Phi) is 4.59. The summed E-state index contributed by atoms with van der Waals surface area (Å²) in [4.78, 5) is 10.8. The number of hydrogen-bond donors (Lipinski definition) is 2. The van der Waals surface area contributed by atoms with Crippen LogP contribution in [0.25, 0.3) is 0 Å². The molecule has 0 aliphatic rings. The Bertz CT molecular complexity index is 415. The monoisotopic (exact) mass is 251 g/mol. The quantitative estimate of drug-likeness (QED) is 0.845. The number of primary amides is 1. The summed E-state index contributed by atoms with van der Waals surface area (Å²) in [6, 6.07) is 7.19. The molecule has 1 aromatic rings. The van der Waals surface area contributed by atoms with Gasteiger partial charge in [0.25, 0.3) is 0 Å². The Morgan fingerprint density at radius 1 is 1.50 bits per heavy atom. The number of rotatable bonds is 5. The van der Waals surface area contributed by atoms with E-state index in [9.17, 15) is 9.90 Å². The lowest BCUT2D eigenvalue weighted by molar-refractivity contribution is 0.0284. The van der Waals surface area contributed by atoms with Crippen molar-refractivity contribution >= 4 is 6.09 Å². The van der Waals surface area contributed by atoms with E-state index in [1.807, 2.05) is 26.0 Å². The lowest BCUT2D eigenvalue weighted by Gasteiger charge is -2.27. The Labute approximate surface area is 108 Å². The second kappa shape index (κ2) is 5.76. The Hall–Kier alpha value is -1.71. The maximum atomic E-state index is 10.8. The molecule has 3 N–H and O–H groups in total. The van der Waals surface area contributed by atoms with Crippen molar-refractivity contribution < 1.29 is 14.6 Å². The molecule has 1 amide bonds. The zero-order valence-corrected chi connectivity index (χ0v) is 11.1. The van der Waals surface area contributed by atoms with E-state index in [0.29, 0.717) is 12.3 Å². The van der Waals surface area contributed by atoms with Crippen LogP contribution < -0.4 is 5.73 Å². The molecule has 0 saturated heterocycles. The fourth-order valence-electron chi connectivity index (χ4n) is 2.31. The Morgan fingerprint density at radius 2 is 2.17 bits per heavy atom. The number of phenols is 1. The highest BCUT2D eigenvalue weighted by atomic mass is 16.6. The van der Waals surface area contributed by atoms with Crippen LogP contribution in [0.5, 0.6) is 5.75 Å². The van der Waals surface area contributed by atoms with E-state index >= 15 is 0 Å². The molecule has 0 unspecified atom stereocenters. The SMILES string of the molecule is C[C@H](Cc1cccc(O)c1)CC(C)(C)OC(N)=O. The van der Waals surface area contributed by atoms with Gasteiger partial charge in [-0.3, -0.25) is 0 Å². The molecule has 1 aromatic carbocycles. The van der Waals surface area contributed by atoms with Crippen molar-refractivity contribution in [1.29, 1.82) is 0 Å². The minimum Gasteiger partial charge on any atom is -0.508 e. The molecule has 18 heavy (non-hydrogen) atoms. The molecule has 1 rings (SSSR count). The number of benzene rings is 1. The van der Waals surface area contributed by atoms with Crippen LogP contribution in [0.2, 0.25) is 0 Å². The molecule has 0 heterocycles. The number of carbonyl (C=O) groups is 1. The maximum absolute atomic E-state index is 10.8. The van der Waals surface area contributed by atoms with Crippen LogP contribution >= 0.6 is 0 Å². The first-order chi connectivity index (χ1) is 8.28. The molecule has 4 nitrogen and oxygen atoms in total. The van der Waals surface area contributed by atoms with E-state index in [2.05, 4.69) is 6.92 Å². The van der Waals surface area contributed by atoms with Gasteiger partial charge in [-0.2, -0.15) is 0 Å². The number of amides is 1. The summed E-state index contributed by atoms with van der Waals surface area (Å²) in [5.41, 5.74) is 5.53. The first kappa shape index (κ1) is 14.4. The second-order valence-corrected chi connectivity index (χ2v) is 5.36. The van der Waals surface area contributed by atoms with Crippen molar-refractivity contribution in [2.75, 3.05) is 0 Å². The number of ether oxygens (including phenoxy) is 1. The minimum absolute atomic E-state index is 0.271. The van der Waals surface area contributed by atoms with Gasteiger partial charge >= 0.3 is 6.09 Å². The normalized spacial score (nSPS) is 13.1. The molecule has 1 atom stereocenters. The highest BCUT2D eigenvalue weighted by Crippen LogP contribution is 2.24. The molecular weight excluding hydrogens is 230 g/mol. The first-order valence-electron chi connectivity index (χ1n) is 6.05. The van der Waals surface area contributed by atoms with E-state index in [1.54, 1.807) is 12.1 Å². The lowest BCUT2D eigenvalue weighted by Crippen LogP contribution is -2.33. The fourth-order valence-corrected chi connectivity index (χ4v) is 2.31. The first-order valence-corrected chi connectivity index (χ1v) is 6.05. The van der Waals surface area contributed by atoms with Gasteiger partial charge in [0.1, 0.15) is 11.4 Å². The molecule has 0 radical (unpaired) electrons. The van der Waals surface area contributed by atoms with Crippen molar-refractivity contribution in [3.63, 3.8) is 0 Å². The van der Waals surface area contributed by atoms with Gasteiger partial charge in [-0.05, 0) is 50.3 Å². The Balaban J connectivity index is 2.56. The molecule has 0 bridgehead atoms. The third kappa shape index (κ3) is 5.08.